The maximum Gasteiger partial charge on any atom is 0.419 e. The second kappa shape index (κ2) is 8.97. The van der Waals surface area contributed by atoms with E-state index >= 15 is 0 Å². The molecule has 1 fully saturated rings. The molecule has 0 aliphatic carbocycles. The van der Waals surface area contributed by atoms with Crippen LogP contribution in [0.1, 0.15) is 186 Å². The summed E-state index contributed by atoms with van der Waals surface area (Å²) in [6, 6.07) is 22.3. The highest BCUT2D eigenvalue weighted by Gasteiger charge is 2.43. The van der Waals surface area contributed by atoms with E-state index in [1.54, 1.807) is 11.6 Å². The van der Waals surface area contributed by atoms with Gasteiger partial charge in [0.2, 0.25) is 0 Å². The van der Waals surface area contributed by atoms with E-state index in [4.69, 9.17) is 4.42 Å². The van der Waals surface area contributed by atoms with Crippen LogP contribution in [0.25, 0.3) is 22.2 Å². The minimum absolute atomic E-state index is 0. The number of benzene rings is 3. The summed E-state index contributed by atoms with van der Waals surface area (Å²) in [7, 11) is 1.78. The molecule has 1 aliphatic rings. The lowest BCUT2D eigenvalue weighted by molar-refractivity contribution is 0.0747. The molecule has 36 heavy (non-hydrogen) atoms. The third kappa shape index (κ3) is 3.86. The first-order valence-electron chi connectivity index (χ1n) is 12.9. The van der Waals surface area contributed by atoms with Gasteiger partial charge in [-0.05, 0) is 81.5 Å². The fourth-order valence-electron chi connectivity index (χ4n) is 5.98. The van der Waals surface area contributed by atoms with E-state index in [1.165, 1.54) is 22.3 Å². The molecule has 1 saturated heterocycles. The van der Waals surface area contributed by atoms with Crippen LogP contribution in [0.2, 0.25) is 0 Å². The maximum atomic E-state index is 12.4. The average Bonchev–Trinajstić information content (AvgIpc) is 3.16. The maximum absolute atomic E-state index is 12.4. The Hall–Kier alpha value is -3.31. The van der Waals surface area contributed by atoms with E-state index < -0.39 is 0 Å². The van der Waals surface area contributed by atoms with Crippen molar-refractivity contribution in [3.05, 3.63) is 87.9 Å². The normalized spacial score (nSPS) is 19.1. The molecule has 0 amide bonds. The molecular weight excluding hydrogens is 446 g/mol. The van der Waals surface area contributed by atoms with Gasteiger partial charge in [-0.15, -0.1) is 0 Å². The SMILES string of the molecule is Cc1ccccc1-c1cccc(C(C)N2CCN(c3ccc(C)c4c3oc(=O)n4C)C(C)(C)C2C)c1.[HH].[HH].[HH].[HH].[HH].[HH].[HH].[HH].[HH].[HH].[HH].[HH].[HH].[HH].[HH].[HH].[HH].[HH].[HH].[HH].[HH].[HH].[HH].[HH].[HH].[HH].[HH].[HH].[HH].[HH].[HH].[HH].[HH].[HH].[HH].[HH].[HH].[HH].[HH].[HH].[HH].[HH].[HH].[HH].[HH].[HH].[HH].[HH].[HH].[HH].[HH].[HH].[HH].[HH].[HH].[HH].[HH].[HH].[HH].[HH].[HH].[HH].[HH].[HH].[HH].[HH].[HH].[HH].[HH].[HH].[HH].[HH].[HH].[HH].[HH].[HH].[HH].[HH].[HH].[HH].[HH].[HH].[HH].[HH].[HH].[HH].[HH].[HH].[HH].[HH].[HH].[HH].[HH].[HH].[HH]. The standard InChI is InChI=1S/C31H37N3O2.95H2/c1-20-11-8-9-14-26(20)25-13-10-12-24(19-25)22(3)33-17-18-34(31(5,6)23(33)4)27-16-15-21(2)28-29(27)36-30(35)32(28)7;;;;;;;;;;;;;;;;;;;;;;;;;;;;;;;;;;;;;;;;;;;;;;;;;;;;;;;;;;;;;;;;;;;;;;;;;;;;;;;;;;;;;;;;;;;;;;;/h8-16,19,22-23H,17-18H2,1-7H3;95*1H. The Morgan fingerprint density at radius 3 is 2.50 bits per heavy atom. The minimum Gasteiger partial charge on any atom is -0.405 e. The fourth-order valence-corrected chi connectivity index (χ4v) is 5.98. The second-order valence-corrected chi connectivity index (χ2v) is 10.8. The molecule has 0 saturated carbocycles. The summed E-state index contributed by atoms with van der Waals surface area (Å²) in [5.41, 5.74) is 8.63. The van der Waals surface area contributed by atoms with Gasteiger partial charge in [0.15, 0.2) is 5.58 Å². The van der Waals surface area contributed by atoms with Crippen LogP contribution in [0.5, 0.6) is 0 Å². The summed E-state index contributed by atoms with van der Waals surface area (Å²) < 4.78 is 7.37. The molecule has 0 N–H and O–H groups in total. The number of piperazine rings is 1. The first-order chi connectivity index (χ1) is 17.1. The van der Waals surface area contributed by atoms with Gasteiger partial charge in [-0.25, -0.2) is 4.79 Å². The number of aryl methyl sites for hydroxylation is 3. The van der Waals surface area contributed by atoms with Crippen molar-refractivity contribution < 1.29 is 140 Å². The van der Waals surface area contributed by atoms with Gasteiger partial charge < -0.3 is 9.32 Å². The smallest absolute Gasteiger partial charge is 0.405 e. The molecule has 2 heterocycles. The van der Waals surface area contributed by atoms with Crippen LogP contribution in [0.4, 0.5) is 5.69 Å². The van der Waals surface area contributed by atoms with Crippen molar-refractivity contribution >= 4 is 16.8 Å². The van der Waals surface area contributed by atoms with Crippen LogP contribution >= 0.6 is 0 Å². The van der Waals surface area contributed by atoms with E-state index in [-0.39, 0.29) is 159 Å². The van der Waals surface area contributed by atoms with Crippen molar-refractivity contribution in [1.29, 1.82) is 0 Å². The third-order valence-corrected chi connectivity index (χ3v) is 8.52. The Bertz CT molecular complexity index is 1590. The first-order valence-corrected chi connectivity index (χ1v) is 12.9. The number of hydrogen-bond acceptors (Lipinski definition) is 4. The summed E-state index contributed by atoms with van der Waals surface area (Å²) in [4.78, 5) is 17.4. The van der Waals surface area contributed by atoms with Gasteiger partial charge in [0.05, 0.1) is 11.2 Å². The summed E-state index contributed by atoms with van der Waals surface area (Å²) >= 11 is 0. The van der Waals surface area contributed by atoms with Crippen LogP contribution in [0, 0.1) is 13.8 Å². The Kier molecular flexibility index (Phi) is 6.08. The van der Waals surface area contributed by atoms with Gasteiger partial charge in [-0.1, -0.05) is 48.5 Å². The fraction of sp³-hybridized carbons (Fsp3) is 0.387. The number of oxazole rings is 1. The lowest BCUT2D eigenvalue weighted by Crippen LogP contribution is -2.65. The molecule has 2 unspecified atom stereocenters. The highest BCUT2D eigenvalue weighted by atomic mass is 16.4. The quantitative estimate of drug-likeness (QED) is 0.216. The van der Waals surface area contributed by atoms with Gasteiger partial charge >= 0.3 is 5.76 Å². The van der Waals surface area contributed by atoms with Gasteiger partial charge in [0.25, 0.3) is 0 Å². The van der Waals surface area contributed by atoms with Gasteiger partial charge in [-0.2, -0.15) is 0 Å². The van der Waals surface area contributed by atoms with E-state index in [0.29, 0.717) is 5.58 Å². The molecule has 378 valence electrons. The first kappa shape index (κ1) is 24.4. The number of hydrogen-bond donors (Lipinski definition) is 0. The lowest BCUT2D eigenvalue weighted by Gasteiger charge is -2.54. The van der Waals surface area contributed by atoms with Crippen molar-refractivity contribution in [3.8, 4) is 11.1 Å². The van der Waals surface area contributed by atoms with Crippen molar-refractivity contribution in [2.24, 2.45) is 7.05 Å². The monoisotopic (exact) mass is 675 g/mol. The molecule has 5 nitrogen and oxygen atoms in total. The molecular formula is C31H227N3O2. The molecule has 3 aromatic carbocycles. The topological polar surface area (TPSA) is 41.6 Å². The number of nitrogens with zero attached hydrogens (tertiary/aromatic N) is 3. The lowest BCUT2D eigenvalue weighted by atomic mass is 9.86. The zero-order valence-corrected chi connectivity index (χ0v) is 22.5. The van der Waals surface area contributed by atoms with E-state index in [0.717, 1.165) is 29.9 Å². The molecule has 1 aromatic heterocycles. The van der Waals surface area contributed by atoms with Crippen molar-refractivity contribution in [3.63, 3.8) is 0 Å². The Morgan fingerprint density at radius 2 is 1.75 bits per heavy atom. The Balaban J connectivity index is -0.00000000189. The third-order valence-electron chi connectivity index (χ3n) is 8.52. The van der Waals surface area contributed by atoms with Crippen molar-refractivity contribution in [1.82, 2.24) is 9.47 Å². The highest BCUT2D eigenvalue weighted by Crippen LogP contribution is 2.40. The second-order valence-electron chi connectivity index (χ2n) is 10.8. The number of anilines is 1. The number of rotatable bonds is 4. The number of aromatic nitrogens is 1. The summed E-state index contributed by atoms with van der Waals surface area (Å²) in [6.45, 7) is 15.2. The Labute approximate surface area is 355 Å². The largest absolute Gasteiger partial charge is 0.419 e. The molecule has 1 aliphatic heterocycles. The van der Waals surface area contributed by atoms with E-state index in [2.05, 4.69) is 105 Å². The van der Waals surface area contributed by atoms with Crippen LogP contribution in [-0.4, -0.2) is 34.1 Å². The summed E-state index contributed by atoms with van der Waals surface area (Å²) in [6.07, 6.45) is 0. The zero-order chi connectivity index (χ0) is 25.8. The van der Waals surface area contributed by atoms with Crippen molar-refractivity contribution in [2.75, 3.05) is 18.0 Å². The van der Waals surface area contributed by atoms with E-state index in [1.807, 2.05) is 6.92 Å². The minimum atomic E-state index is -0.313. The average molecular weight is 675 g/mol. The molecule has 5 rings (SSSR count). The molecule has 0 radical (unpaired) electrons. The Morgan fingerprint density at radius 1 is 1.00 bits per heavy atom. The molecule has 2 atom stereocenters. The van der Waals surface area contributed by atoms with Crippen LogP contribution in [0.3, 0.4) is 0 Å². The van der Waals surface area contributed by atoms with Crippen molar-refractivity contribution in [2.45, 2.75) is 59.2 Å². The van der Waals surface area contributed by atoms with Gasteiger partial charge in [0.1, 0.15) is 0 Å². The summed E-state index contributed by atoms with van der Waals surface area (Å²) in [5, 5.41) is 0. The van der Waals surface area contributed by atoms with Gasteiger partial charge in [-0.3, -0.25) is 9.47 Å². The van der Waals surface area contributed by atoms with E-state index in [9.17, 15) is 4.79 Å². The predicted molar refractivity (Wildman–Crippen MR) is 350 cm³/mol. The molecule has 5 heteroatoms. The van der Waals surface area contributed by atoms with Crippen LogP contribution < -0.4 is 10.7 Å². The zero-order valence-electron chi connectivity index (χ0n) is 22.5. The highest BCUT2D eigenvalue weighted by molar-refractivity contribution is 5.90. The molecule has 0 bridgehead atoms. The molecule has 4 aromatic rings. The van der Waals surface area contributed by atoms with Crippen LogP contribution in [-0.2, 0) is 7.05 Å². The van der Waals surface area contributed by atoms with Gasteiger partial charge in [0, 0.05) is 173 Å². The summed E-state index contributed by atoms with van der Waals surface area (Å²) in [5.74, 6) is -0.313. The molecule has 0 spiro atoms. The predicted octanol–water partition coefficient (Wildman–Crippen LogP) is 29.8. The number of fused-ring (bicyclic) bond motifs is 1. The van der Waals surface area contributed by atoms with Crippen LogP contribution in [0.15, 0.2) is 69.9 Å².